The second-order valence-corrected chi connectivity index (χ2v) is 7.45. The molecule has 1 aliphatic rings. The van der Waals surface area contributed by atoms with Gasteiger partial charge in [0.15, 0.2) is 0 Å². The normalized spacial score (nSPS) is 19.1. The maximum atomic E-state index is 12.8. The van der Waals surface area contributed by atoms with Crippen LogP contribution in [0.3, 0.4) is 0 Å². The fraction of sp³-hybridized carbons (Fsp3) is 0.286. The first kappa shape index (κ1) is 20.9. The van der Waals surface area contributed by atoms with Gasteiger partial charge in [-0.05, 0) is 49.7 Å². The lowest BCUT2D eigenvalue weighted by molar-refractivity contribution is -0.137. The van der Waals surface area contributed by atoms with Crippen molar-refractivity contribution in [3.8, 4) is 11.5 Å². The zero-order chi connectivity index (χ0) is 22.2. The minimum absolute atomic E-state index is 0.146. The van der Waals surface area contributed by atoms with Crippen LogP contribution in [0.4, 0.5) is 24.5 Å². The van der Waals surface area contributed by atoms with E-state index in [2.05, 4.69) is 15.5 Å². The molecule has 0 radical (unpaired) electrons. The van der Waals surface area contributed by atoms with Gasteiger partial charge in [0.05, 0.1) is 16.8 Å². The second-order valence-electron chi connectivity index (χ2n) is 7.45. The van der Waals surface area contributed by atoms with Gasteiger partial charge in [-0.25, -0.2) is 0 Å². The van der Waals surface area contributed by atoms with Crippen molar-refractivity contribution in [2.24, 2.45) is 0 Å². The molecule has 10 heteroatoms. The summed E-state index contributed by atoms with van der Waals surface area (Å²) < 4.78 is 44.2. The number of para-hydroxylation sites is 1. The first-order valence-corrected chi connectivity index (χ1v) is 9.50. The zero-order valence-electron chi connectivity index (χ0n) is 16.5. The fourth-order valence-corrected chi connectivity index (χ4v) is 3.48. The lowest BCUT2D eigenvalue weighted by Crippen LogP contribution is -2.36. The van der Waals surface area contributed by atoms with E-state index in [0.717, 1.165) is 12.1 Å². The summed E-state index contributed by atoms with van der Waals surface area (Å²) in [6, 6.07) is 11.6. The van der Waals surface area contributed by atoms with Crippen LogP contribution >= 0.6 is 0 Å². The molecule has 0 spiro atoms. The van der Waals surface area contributed by atoms with E-state index in [1.54, 1.807) is 31.2 Å². The number of likely N-dealkylation sites (tertiary alicyclic amines) is 1. The van der Waals surface area contributed by atoms with E-state index < -0.39 is 17.2 Å². The molecule has 0 bridgehead atoms. The van der Waals surface area contributed by atoms with Crippen LogP contribution in [0, 0.1) is 0 Å². The summed E-state index contributed by atoms with van der Waals surface area (Å²) in [6.45, 7) is 1.69. The van der Waals surface area contributed by atoms with Crippen molar-refractivity contribution in [3.05, 3.63) is 60.0 Å². The van der Waals surface area contributed by atoms with Gasteiger partial charge in [-0.15, -0.1) is 10.2 Å². The molecule has 1 atom stereocenters. The maximum Gasteiger partial charge on any atom is 0.416 e. The number of halogens is 3. The van der Waals surface area contributed by atoms with Crippen LogP contribution in [-0.2, 0) is 16.4 Å². The molecular formula is C21H19F3N4O3. The topological polar surface area (TPSA) is 91.5 Å². The van der Waals surface area contributed by atoms with Crippen molar-refractivity contribution in [3.63, 3.8) is 0 Å². The van der Waals surface area contributed by atoms with Crippen LogP contribution in [0.1, 0.15) is 24.8 Å². The number of rotatable bonds is 5. The third kappa shape index (κ3) is 3.86. The van der Waals surface area contributed by atoms with Gasteiger partial charge in [-0.1, -0.05) is 12.1 Å². The number of alkyl halides is 3. The predicted molar refractivity (Wildman–Crippen MR) is 105 cm³/mol. The van der Waals surface area contributed by atoms with Gasteiger partial charge in [0.2, 0.25) is 17.7 Å². The first-order valence-electron chi connectivity index (χ1n) is 9.50. The maximum absolute atomic E-state index is 12.8. The molecule has 0 saturated carbocycles. The number of benzene rings is 2. The highest BCUT2D eigenvalue weighted by Gasteiger charge is 2.48. The van der Waals surface area contributed by atoms with E-state index in [-0.39, 0.29) is 24.4 Å². The average Bonchev–Trinajstić information content (AvgIpc) is 3.35. The Bertz CT molecular complexity index is 1100. The van der Waals surface area contributed by atoms with Crippen LogP contribution in [-0.4, -0.2) is 39.4 Å². The molecule has 3 aromatic rings. The molecule has 1 aromatic heterocycles. The van der Waals surface area contributed by atoms with E-state index in [9.17, 15) is 23.1 Å². The summed E-state index contributed by atoms with van der Waals surface area (Å²) in [6.07, 6.45) is -3.98. The van der Waals surface area contributed by atoms with Crippen molar-refractivity contribution in [1.29, 1.82) is 0 Å². The number of carbonyl (C=O) groups excluding carboxylic acids is 1. The van der Waals surface area contributed by atoms with E-state index in [1.165, 1.54) is 17.0 Å². The minimum Gasteiger partial charge on any atom is -0.419 e. The monoisotopic (exact) mass is 432 g/mol. The molecule has 2 aromatic carbocycles. The Hall–Kier alpha value is -3.40. The molecule has 0 unspecified atom stereocenters. The molecule has 1 amide bonds. The number of anilines is 2. The smallest absolute Gasteiger partial charge is 0.416 e. The minimum atomic E-state index is -4.41. The largest absolute Gasteiger partial charge is 0.419 e. The van der Waals surface area contributed by atoms with Crippen molar-refractivity contribution in [1.82, 2.24) is 15.1 Å². The summed E-state index contributed by atoms with van der Waals surface area (Å²) in [7, 11) is 0. The van der Waals surface area contributed by atoms with Gasteiger partial charge in [0.25, 0.3) is 0 Å². The molecular weight excluding hydrogens is 413 g/mol. The summed E-state index contributed by atoms with van der Waals surface area (Å²) >= 11 is 0. The van der Waals surface area contributed by atoms with Gasteiger partial charge in [0, 0.05) is 12.2 Å². The quantitative estimate of drug-likeness (QED) is 0.635. The summed E-state index contributed by atoms with van der Waals surface area (Å²) in [4.78, 5) is 13.9. The number of nitrogens with one attached hydrogen (secondary N) is 1. The van der Waals surface area contributed by atoms with Crippen LogP contribution in [0.15, 0.2) is 52.9 Å². The van der Waals surface area contributed by atoms with Crippen molar-refractivity contribution in [2.45, 2.75) is 24.9 Å². The van der Waals surface area contributed by atoms with E-state index in [1.807, 2.05) is 0 Å². The number of aromatic nitrogens is 2. The van der Waals surface area contributed by atoms with Crippen LogP contribution in [0.5, 0.6) is 0 Å². The third-order valence-electron chi connectivity index (χ3n) is 5.36. The number of carbonyl (C=O) groups is 1. The molecule has 1 fully saturated rings. The SMILES string of the molecule is C[C@]1(c2nnc(-c3ccccc3Nc3ccc(C(F)(F)F)cc3)o2)CCN(CO)C1=O. The summed E-state index contributed by atoms with van der Waals surface area (Å²) in [5.41, 5.74) is -0.216. The van der Waals surface area contributed by atoms with E-state index in [4.69, 9.17) is 4.42 Å². The highest BCUT2D eigenvalue weighted by molar-refractivity contribution is 5.88. The number of hydrogen-bond acceptors (Lipinski definition) is 6. The van der Waals surface area contributed by atoms with Gasteiger partial charge >= 0.3 is 6.18 Å². The number of amides is 1. The number of hydrogen-bond donors (Lipinski definition) is 2. The fourth-order valence-electron chi connectivity index (χ4n) is 3.48. The summed E-state index contributed by atoms with van der Waals surface area (Å²) in [5.74, 6) is 0.0237. The Morgan fingerprint density at radius 2 is 1.87 bits per heavy atom. The van der Waals surface area contributed by atoms with Crippen LogP contribution in [0.2, 0.25) is 0 Å². The summed E-state index contributed by atoms with van der Waals surface area (Å²) in [5, 5.41) is 20.5. The molecule has 162 valence electrons. The van der Waals surface area contributed by atoms with E-state index in [0.29, 0.717) is 29.9 Å². The second kappa shape index (κ2) is 7.69. The van der Waals surface area contributed by atoms with Crippen molar-refractivity contribution < 1.29 is 27.5 Å². The van der Waals surface area contributed by atoms with Gasteiger partial charge < -0.3 is 19.7 Å². The Labute approximate surface area is 175 Å². The number of nitrogens with zero attached hydrogens (tertiary/aromatic N) is 3. The number of aliphatic hydroxyl groups is 1. The molecule has 2 N–H and O–H groups in total. The average molecular weight is 432 g/mol. The Balaban J connectivity index is 1.61. The Kier molecular flexibility index (Phi) is 5.18. The molecule has 1 aliphatic heterocycles. The van der Waals surface area contributed by atoms with Gasteiger partial charge in [0.1, 0.15) is 12.1 Å². The molecule has 2 heterocycles. The highest BCUT2D eigenvalue weighted by atomic mass is 19.4. The van der Waals surface area contributed by atoms with E-state index >= 15 is 0 Å². The highest BCUT2D eigenvalue weighted by Crippen LogP contribution is 2.37. The van der Waals surface area contributed by atoms with Crippen molar-refractivity contribution in [2.75, 3.05) is 18.6 Å². The lowest BCUT2D eigenvalue weighted by atomic mass is 9.89. The first-order chi connectivity index (χ1) is 14.7. The molecule has 1 saturated heterocycles. The molecule has 0 aliphatic carbocycles. The van der Waals surface area contributed by atoms with Crippen LogP contribution < -0.4 is 5.32 Å². The standard InChI is InChI=1S/C21H19F3N4O3/c1-20(10-11-28(12-29)19(20)30)18-27-26-17(31-18)15-4-2-3-5-16(15)25-14-8-6-13(7-9-14)21(22,23)24/h2-9,25,29H,10-12H2,1H3/t20-/m1/s1. The molecule has 7 nitrogen and oxygen atoms in total. The van der Waals surface area contributed by atoms with Crippen LogP contribution in [0.25, 0.3) is 11.5 Å². The van der Waals surface area contributed by atoms with Gasteiger partial charge in [-0.2, -0.15) is 13.2 Å². The zero-order valence-corrected chi connectivity index (χ0v) is 16.5. The molecule has 4 rings (SSSR count). The van der Waals surface area contributed by atoms with Crippen molar-refractivity contribution >= 4 is 17.3 Å². The lowest BCUT2D eigenvalue weighted by Gasteiger charge is -2.18. The Morgan fingerprint density at radius 1 is 1.16 bits per heavy atom. The number of aliphatic hydroxyl groups excluding tert-OH is 1. The predicted octanol–water partition coefficient (Wildman–Crippen LogP) is 3.94. The Morgan fingerprint density at radius 3 is 2.52 bits per heavy atom. The third-order valence-corrected chi connectivity index (χ3v) is 5.36. The molecule has 31 heavy (non-hydrogen) atoms. The van der Waals surface area contributed by atoms with Gasteiger partial charge in [-0.3, -0.25) is 4.79 Å².